The van der Waals surface area contributed by atoms with E-state index in [0.717, 1.165) is 0 Å². The fourth-order valence-electron chi connectivity index (χ4n) is 1.90. The van der Waals surface area contributed by atoms with Crippen molar-refractivity contribution in [2.24, 2.45) is 5.73 Å². The van der Waals surface area contributed by atoms with Crippen LogP contribution in [0.15, 0.2) is 23.1 Å². The summed E-state index contributed by atoms with van der Waals surface area (Å²) in [5.74, 6) is 0.882. The molecule has 1 unspecified atom stereocenters. The number of hydrogen-bond donors (Lipinski definition) is 3. The molecule has 4 N–H and O–H groups in total. The Morgan fingerprint density at radius 3 is 2.70 bits per heavy atom. The van der Waals surface area contributed by atoms with Gasteiger partial charge in [-0.25, -0.2) is 13.1 Å². The van der Waals surface area contributed by atoms with Gasteiger partial charge in [0.2, 0.25) is 10.0 Å². The van der Waals surface area contributed by atoms with Gasteiger partial charge >= 0.3 is 0 Å². The highest BCUT2D eigenvalue weighted by atomic mass is 32.2. The highest BCUT2D eigenvalue weighted by molar-refractivity contribution is 7.89. The van der Waals surface area contributed by atoms with E-state index in [1.807, 2.05) is 0 Å². The number of rotatable bonds is 5. The van der Waals surface area contributed by atoms with Crippen molar-refractivity contribution in [3.05, 3.63) is 18.2 Å². The molecule has 0 fully saturated rings. The predicted octanol–water partition coefficient (Wildman–Crippen LogP) is 0.451. The highest BCUT2D eigenvalue weighted by Crippen LogP contribution is 2.32. The Morgan fingerprint density at radius 1 is 1.40 bits per heavy atom. The molecule has 1 atom stereocenters. The number of nitrogens with two attached hydrogens (primary N) is 1. The van der Waals surface area contributed by atoms with Crippen LogP contribution in [0.4, 0.5) is 0 Å². The zero-order chi connectivity index (χ0) is 14.8. The molecule has 0 amide bonds. The maximum absolute atomic E-state index is 12.2. The minimum atomic E-state index is -3.68. The first-order valence-electron chi connectivity index (χ1n) is 6.13. The number of nitrogens with one attached hydrogen (secondary N) is 2. The van der Waals surface area contributed by atoms with Gasteiger partial charge in [0.15, 0.2) is 11.5 Å². The number of amidine groups is 1. The van der Waals surface area contributed by atoms with Gasteiger partial charge in [0.25, 0.3) is 0 Å². The molecule has 1 heterocycles. The van der Waals surface area contributed by atoms with Gasteiger partial charge in [0, 0.05) is 18.5 Å². The fourth-order valence-corrected chi connectivity index (χ4v) is 3.15. The second kappa shape index (κ2) is 5.68. The van der Waals surface area contributed by atoms with Crippen molar-refractivity contribution in [2.45, 2.75) is 24.3 Å². The zero-order valence-electron chi connectivity index (χ0n) is 11.0. The molecule has 1 aliphatic heterocycles. The van der Waals surface area contributed by atoms with Crippen LogP contribution in [0.1, 0.15) is 13.3 Å². The molecular weight excluding hydrogens is 282 g/mol. The van der Waals surface area contributed by atoms with Gasteiger partial charge in [-0.15, -0.1) is 0 Å². The predicted molar refractivity (Wildman–Crippen MR) is 73.7 cm³/mol. The normalized spacial score (nSPS) is 15.7. The van der Waals surface area contributed by atoms with E-state index in [9.17, 15) is 8.42 Å². The molecule has 0 aliphatic carbocycles. The van der Waals surface area contributed by atoms with E-state index in [1.165, 1.54) is 12.1 Å². The maximum atomic E-state index is 12.2. The summed E-state index contributed by atoms with van der Waals surface area (Å²) in [6, 6.07) is 4.00. The molecule has 2 rings (SSSR count). The summed E-state index contributed by atoms with van der Waals surface area (Å²) in [5.41, 5.74) is 5.25. The van der Waals surface area contributed by atoms with Crippen molar-refractivity contribution < 1.29 is 17.9 Å². The number of fused-ring (bicyclic) bond motifs is 1. The highest BCUT2D eigenvalue weighted by Gasteiger charge is 2.21. The van der Waals surface area contributed by atoms with E-state index in [2.05, 4.69) is 4.72 Å². The van der Waals surface area contributed by atoms with E-state index in [1.54, 1.807) is 13.0 Å². The molecule has 1 aliphatic rings. The van der Waals surface area contributed by atoms with Crippen LogP contribution in [0.25, 0.3) is 0 Å². The van der Waals surface area contributed by atoms with Gasteiger partial charge in [-0.2, -0.15) is 0 Å². The van der Waals surface area contributed by atoms with E-state index in [4.69, 9.17) is 20.6 Å². The van der Waals surface area contributed by atoms with Crippen LogP contribution in [-0.4, -0.2) is 33.5 Å². The lowest BCUT2D eigenvalue weighted by Gasteiger charge is -2.19. The smallest absolute Gasteiger partial charge is 0.240 e. The second-order valence-electron chi connectivity index (χ2n) is 4.56. The molecule has 110 valence electrons. The zero-order valence-corrected chi connectivity index (χ0v) is 11.9. The van der Waals surface area contributed by atoms with Crippen molar-refractivity contribution in [3.63, 3.8) is 0 Å². The number of hydrogen-bond acceptors (Lipinski definition) is 5. The van der Waals surface area contributed by atoms with E-state index < -0.39 is 16.1 Å². The summed E-state index contributed by atoms with van der Waals surface area (Å²) >= 11 is 0. The van der Waals surface area contributed by atoms with Crippen LogP contribution in [0, 0.1) is 5.41 Å². The Balaban J connectivity index is 2.19. The molecule has 0 aromatic heterocycles. The number of ether oxygens (including phenoxy) is 2. The van der Waals surface area contributed by atoms with Crippen LogP contribution in [-0.2, 0) is 10.0 Å². The van der Waals surface area contributed by atoms with Gasteiger partial charge in [-0.1, -0.05) is 0 Å². The number of sulfonamides is 1. The molecule has 0 spiro atoms. The van der Waals surface area contributed by atoms with Gasteiger partial charge in [-0.3, -0.25) is 5.41 Å². The fraction of sp³-hybridized carbons (Fsp3) is 0.417. The first-order chi connectivity index (χ1) is 9.38. The number of benzene rings is 1. The topological polar surface area (TPSA) is 114 Å². The minimum absolute atomic E-state index is 0.0672. The lowest BCUT2D eigenvalue weighted by molar-refractivity contribution is 0.171. The third-order valence-electron chi connectivity index (χ3n) is 2.71. The Labute approximate surface area is 117 Å². The SMILES string of the molecule is CC(CC(=N)N)NS(=O)(=O)c1ccc2c(c1)OCCO2. The quantitative estimate of drug-likeness (QED) is 0.539. The van der Waals surface area contributed by atoms with E-state index in [0.29, 0.717) is 24.7 Å². The van der Waals surface area contributed by atoms with Gasteiger partial charge in [0.05, 0.1) is 10.7 Å². The molecule has 20 heavy (non-hydrogen) atoms. The Kier molecular flexibility index (Phi) is 4.15. The van der Waals surface area contributed by atoms with E-state index in [-0.39, 0.29) is 17.2 Å². The lowest BCUT2D eigenvalue weighted by Crippen LogP contribution is -2.35. The molecule has 1 aromatic rings. The largest absolute Gasteiger partial charge is 0.486 e. The van der Waals surface area contributed by atoms with Crippen LogP contribution >= 0.6 is 0 Å². The van der Waals surface area contributed by atoms with Crippen molar-refractivity contribution in [2.75, 3.05) is 13.2 Å². The molecule has 1 aromatic carbocycles. The van der Waals surface area contributed by atoms with Crippen LogP contribution in [0.3, 0.4) is 0 Å². The van der Waals surface area contributed by atoms with Crippen LogP contribution < -0.4 is 19.9 Å². The van der Waals surface area contributed by atoms with Crippen LogP contribution in [0.2, 0.25) is 0 Å². The Hall–Kier alpha value is -1.80. The first-order valence-corrected chi connectivity index (χ1v) is 7.61. The van der Waals surface area contributed by atoms with Gasteiger partial charge < -0.3 is 15.2 Å². The summed E-state index contributed by atoms with van der Waals surface area (Å²) in [6.45, 7) is 2.49. The maximum Gasteiger partial charge on any atom is 0.240 e. The summed E-state index contributed by atoms with van der Waals surface area (Å²) < 4.78 is 37.5. The molecule has 0 bridgehead atoms. The molecule has 0 radical (unpaired) electrons. The Morgan fingerprint density at radius 2 is 2.05 bits per heavy atom. The summed E-state index contributed by atoms with van der Waals surface area (Å²) in [4.78, 5) is 0.0946. The van der Waals surface area contributed by atoms with Crippen molar-refractivity contribution in [1.82, 2.24) is 4.72 Å². The third-order valence-corrected chi connectivity index (χ3v) is 4.29. The van der Waals surface area contributed by atoms with Crippen molar-refractivity contribution in [1.29, 1.82) is 5.41 Å². The van der Waals surface area contributed by atoms with Crippen molar-refractivity contribution >= 4 is 15.9 Å². The molecule has 0 saturated heterocycles. The summed E-state index contributed by atoms with van der Waals surface area (Å²) in [6.07, 6.45) is 0.157. The summed E-state index contributed by atoms with van der Waals surface area (Å²) in [5, 5.41) is 7.17. The first kappa shape index (κ1) is 14.6. The minimum Gasteiger partial charge on any atom is -0.486 e. The lowest BCUT2D eigenvalue weighted by atomic mass is 10.2. The van der Waals surface area contributed by atoms with Crippen LogP contribution in [0.5, 0.6) is 11.5 Å². The second-order valence-corrected chi connectivity index (χ2v) is 6.27. The van der Waals surface area contributed by atoms with E-state index >= 15 is 0 Å². The third kappa shape index (κ3) is 3.40. The molecule has 0 saturated carbocycles. The van der Waals surface area contributed by atoms with Crippen molar-refractivity contribution in [3.8, 4) is 11.5 Å². The standard InChI is InChI=1S/C12H17N3O4S/c1-8(6-12(13)14)15-20(16,17)9-2-3-10-11(7-9)19-5-4-18-10/h2-3,7-8,15H,4-6H2,1H3,(H3,13,14). The summed E-state index contributed by atoms with van der Waals surface area (Å²) in [7, 11) is -3.68. The average molecular weight is 299 g/mol. The monoisotopic (exact) mass is 299 g/mol. The molecule has 8 heteroatoms. The van der Waals surface area contributed by atoms with Gasteiger partial charge in [0.1, 0.15) is 13.2 Å². The van der Waals surface area contributed by atoms with Gasteiger partial charge in [-0.05, 0) is 19.1 Å². The molecular formula is C12H17N3O4S. The molecule has 7 nitrogen and oxygen atoms in total. The Bertz CT molecular complexity index is 615. The average Bonchev–Trinajstić information content (AvgIpc) is 2.36.